The molecular weight excluding hydrogens is 550 g/mol. The van der Waals surface area contributed by atoms with E-state index in [1.165, 1.54) is 43.5 Å². The molecule has 4 saturated carbocycles. The first kappa shape index (κ1) is 30.3. The van der Waals surface area contributed by atoms with Crippen LogP contribution in [-0.4, -0.2) is 58.4 Å². The number of nitrogens with one attached hydrogen (secondary N) is 2. The van der Waals surface area contributed by atoms with E-state index in [2.05, 4.69) is 10.6 Å². The largest absolute Gasteiger partial charge is 0.478 e. The summed E-state index contributed by atoms with van der Waals surface area (Å²) in [6.45, 7) is 4.04. The number of carbonyl (C=O) groups is 5. The minimum atomic E-state index is -1.16. The van der Waals surface area contributed by atoms with Gasteiger partial charge in [-0.05, 0) is 107 Å². The van der Waals surface area contributed by atoms with Crippen LogP contribution in [0.3, 0.4) is 0 Å². The molecule has 6 rings (SSSR count). The van der Waals surface area contributed by atoms with Crippen LogP contribution in [0.5, 0.6) is 0 Å². The number of nitrogens with zero attached hydrogens (tertiary/aromatic N) is 1. The summed E-state index contributed by atoms with van der Waals surface area (Å²) in [5, 5.41) is 14.7. The Bertz CT molecular complexity index is 1410. The average molecular weight is 590 g/mol. The molecule has 10 nitrogen and oxygen atoms in total. The molecule has 0 aromatic heterocycles. The third-order valence-corrected chi connectivity index (χ3v) is 8.69. The van der Waals surface area contributed by atoms with Crippen molar-refractivity contribution in [2.45, 2.75) is 64.9 Å². The Balaban J connectivity index is 1.32. The molecule has 43 heavy (non-hydrogen) atoms. The predicted octanol–water partition coefficient (Wildman–Crippen LogP) is 5.60. The van der Waals surface area contributed by atoms with Gasteiger partial charge in [-0.1, -0.05) is 18.2 Å². The highest BCUT2D eigenvalue weighted by atomic mass is 16.6. The number of esters is 1. The van der Waals surface area contributed by atoms with E-state index in [9.17, 15) is 29.1 Å². The average Bonchev–Trinajstić information content (AvgIpc) is 2.91. The van der Waals surface area contributed by atoms with E-state index in [1.807, 2.05) is 0 Å². The molecule has 2 aromatic carbocycles. The summed E-state index contributed by atoms with van der Waals surface area (Å²) in [4.78, 5) is 65.6. The fraction of sp³-hybridized carbons (Fsp3) is 0.485. The van der Waals surface area contributed by atoms with Crippen LogP contribution in [0.1, 0.15) is 80.0 Å². The van der Waals surface area contributed by atoms with E-state index < -0.39 is 42.6 Å². The number of ketones is 1. The monoisotopic (exact) mass is 589 g/mol. The zero-order chi connectivity index (χ0) is 30.9. The second-order valence-electron chi connectivity index (χ2n) is 13.4. The number of ether oxygens (including phenoxy) is 1. The maximum Gasteiger partial charge on any atom is 0.335 e. The first-order valence-electron chi connectivity index (χ1n) is 14.8. The van der Waals surface area contributed by atoms with Crippen LogP contribution in [0.2, 0.25) is 0 Å². The Kier molecular flexibility index (Phi) is 8.31. The molecule has 0 atom stereocenters. The summed E-state index contributed by atoms with van der Waals surface area (Å²) in [6.07, 6.45) is 6.32. The number of rotatable bonds is 9. The quantitative estimate of drug-likeness (QED) is 0.255. The van der Waals surface area contributed by atoms with Crippen molar-refractivity contribution < 1.29 is 33.8 Å². The van der Waals surface area contributed by atoms with Crippen molar-refractivity contribution in [1.29, 1.82) is 0 Å². The van der Waals surface area contributed by atoms with Crippen molar-refractivity contribution in [2.24, 2.45) is 23.2 Å². The molecule has 10 heteroatoms. The summed E-state index contributed by atoms with van der Waals surface area (Å²) >= 11 is 0. The van der Waals surface area contributed by atoms with Gasteiger partial charge in [0.2, 0.25) is 5.91 Å². The smallest absolute Gasteiger partial charge is 0.335 e. The molecule has 0 spiro atoms. The summed E-state index contributed by atoms with van der Waals surface area (Å²) in [5.41, 5.74) is -0.205. The maximum absolute atomic E-state index is 14.1. The zero-order valence-corrected chi connectivity index (χ0v) is 24.9. The van der Waals surface area contributed by atoms with Gasteiger partial charge in [0.05, 0.1) is 11.3 Å². The van der Waals surface area contributed by atoms with Crippen LogP contribution in [0.15, 0.2) is 48.5 Å². The molecule has 0 radical (unpaired) electrons. The predicted molar refractivity (Wildman–Crippen MR) is 160 cm³/mol. The second kappa shape index (κ2) is 11.8. The lowest BCUT2D eigenvalue weighted by Crippen LogP contribution is -2.50. The molecule has 4 bridgehead atoms. The number of anilines is 2. The van der Waals surface area contributed by atoms with Crippen molar-refractivity contribution in [1.82, 2.24) is 4.90 Å². The molecule has 0 saturated heterocycles. The molecular formula is C33H39N3O7. The number of amides is 3. The Morgan fingerprint density at radius 2 is 1.51 bits per heavy atom. The molecule has 0 heterocycles. The van der Waals surface area contributed by atoms with Gasteiger partial charge in [-0.25, -0.2) is 9.59 Å². The Labute approximate surface area is 251 Å². The fourth-order valence-electron chi connectivity index (χ4n) is 7.49. The zero-order valence-electron chi connectivity index (χ0n) is 24.9. The molecule has 3 N–H and O–H groups in total. The highest BCUT2D eigenvalue weighted by Crippen LogP contribution is 2.61. The molecule has 4 aliphatic rings. The van der Waals surface area contributed by atoms with Crippen LogP contribution in [0.25, 0.3) is 0 Å². The first-order chi connectivity index (χ1) is 20.3. The first-order valence-corrected chi connectivity index (χ1v) is 14.8. The molecule has 3 amide bonds. The van der Waals surface area contributed by atoms with Gasteiger partial charge < -0.3 is 25.4 Å². The van der Waals surface area contributed by atoms with Gasteiger partial charge in [-0.2, -0.15) is 0 Å². The molecule has 4 fully saturated rings. The Morgan fingerprint density at radius 1 is 0.884 bits per heavy atom. The number of benzene rings is 2. The van der Waals surface area contributed by atoms with Gasteiger partial charge in [0.25, 0.3) is 0 Å². The molecule has 4 aliphatic carbocycles. The SMILES string of the molecule is CC(C)(C)OC(=O)CN(CC(=O)Nc1ccccc1C(=O)C12CC3CC(CC(C3)C1)C2)C(=O)Nc1cccc(C(=O)O)c1. The van der Waals surface area contributed by atoms with E-state index in [4.69, 9.17) is 4.74 Å². The van der Waals surface area contributed by atoms with Gasteiger partial charge >= 0.3 is 18.0 Å². The third kappa shape index (κ3) is 7.06. The van der Waals surface area contributed by atoms with E-state index >= 15 is 0 Å². The summed E-state index contributed by atoms with van der Waals surface area (Å²) in [5.74, 6) is -0.628. The van der Waals surface area contributed by atoms with Gasteiger partial charge in [-0.3, -0.25) is 14.4 Å². The number of carboxylic acid groups (broad SMARTS) is 1. The van der Waals surface area contributed by atoms with Crippen LogP contribution >= 0.6 is 0 Å². The summed E-state index contributed by atoms with van der Waals surface area (Å²) < 4.78 is 5.37. The minimum absolute atomic E-state index is 0.0328. The van der Waals surface area contributed by atoms with Crippen molar-refractivity contribution in [3.63, 3.8) is 0 Å². The normalized spacial score (nSPS) is 23.7. The van der Waals surface area contributed by atoms with E-state index in [0.717, 1.165) is 24.2 Å². The lowest BCUT2D eigenvalue weighted by atomic mass is 9.48. The molecule has 0 unspecified atom stereocenters. The van der Waals surface area contributed by atoms with Crippen LogP contribution in [-0.2, 0) is 14.3 Å². The number of Topliss-reactive ketones (excluding diaryl/α,β-unsaturated/α-hetero) is 1. The molecule has 0 aliphatic heterocycles. The van der Waals surface area contributed by atoms with E-state index in [1.54, 1.807) is 45.0 Å². The van der Waals surface area contributed by atoms with Crippen LogP contribution < -0.4 is 10.6 Å². The second-order valence-corrected chi connectivity index (χ2v) is 13.4. The highest BCUT2D eigenvalue weighted by Gasteiger charge is 2.54. The van der Waals surface area contributed by atoms with Gasteiger partial charge in [0.15, 0.2) is 5.78 Å². The number of hydrogen-bond acceptors (Lipinski definition) is 6. The van der Waals surface area contributed by atoms with Crippen molar-refractivity contribution in [3.8, 4) is 0 Å². The van der Waals surface area contributed by atoms with Crippen molar-refractivity contribution >= 4 is 41.0 Å². The maximum atomic E-state index is 14.1. The lowest BCUT2D eigenvalue weighted by molar-refractivity contribution is -0.155. The number of aromatic carboxylic acids is 1. The van der Waals surface area contributed by atoms with Gasteiger partial charge in [0.1, 0.15) is 18.7 Å². The molecule has 228 valence electrons. The number of hydrogen-bond donors (Lipinski definition) is 3. The van der Waals surface area contributed by atoms with E-state index in [0.29, 0.717) is 29.0 Å². The Morgan fingerprint density at radius 3 is 2.12 bits per heavy atom. The number of carbonyl (C=O) groups excluding carboxylic acids is 4. The Hall–Kier alpha value is -4.21. The molecule has 2 aromatic rings. The van der Waals surface area contributed by atoms with Crippen molar-refractivity contribution in [2.75, 3.05) is 23.7 Å². The topological polar surface area (TPSA) is 142 Å². The number of urea groups is 1. The summed E-state index contributed by atoms with van der Waals surface area (Å²) in [6, 6.07) is 11.8. The third-order valence-electron chi connectivity index (χ3n) is 8.69. The highest BCUT2D eigenvalue weighted by molar-refractivity contribution is 6.08. The summed E-state index contributed by atoms with van der Waals surface area (Å²) in [7, 11) is 0. The standard InChI is InChI=1S/C33H39N3O7/c1-32(2,3)43-28(38)19-36(31(42)34-24-8-6-7-23(14-24)30(40)41)18-27(37)35-26-10-5-4-9-25(26)29(39)33-15-20-11-21(16-33)13-22(12-20)17-33/h4-10,14,20-22H,11-13,15-19H2,1-3H3,(H,34,42)(H,35,37)(H,40,41). The number of carboxylic acids is 1. The van der Waals surface area contributed by atoms with Gasteiger partial charge in [0, 0.05) is 16.7 Å². The van der Waals surface area contributed by atoms with E-state index in [-0.39, 0.29) is 22.4 Å². The fourth-order valence-corrected chi connectivity index (χ4v) is 7.49. The lowest BCUT2D eigenvalue weighted by Gasteiger charge is -2.56. The number of para-hydroxylation sites is 1. The van der Waals surface area contributed by atoms with Crippen LogP contribution in [0, 0.1) is 23.2 Å². The minimum Gasteiger partial charge on any atom is -0.478 e. The van der Waals surface area contributed by atoms with Crippen LogP contribution in [0.4, 0.5) is 16.2 Å². The van der Waals surface area contributed by atoms with Crippen molar-refractivity contribution in [3.05, 3.63) is 59.7 Å². The van der Waals surface area contributed by atoms with Gasteiger partial charge in [-0.15, -0.1) is 0 Å².